The molecule has 2 aromatic carbocycles. The summed E-state index contributed by atoms with van der Waals surface area (Å²) in [4.78, 5) is 38.2. The van der Waals surface area contributed by atoms with Crippen LogP contribution < -0.4 is 4.74 Å². The highest BCUT2D eigenvalue weighted by Crippen LogP contribution is 2.37. The molecule has 10 heteroatoms. The summed E-state index contributed by atoms with van der Waals surface area (Å²) in [6.07, 6.45) is -0.415. The number of amides is 1. The number of hydrogen-bond donors (Lipinski definition) is 1. The van der Waals surface area contributed by atoms with E-state index in [2.05, 4.69) is 9.72 Å². The fourth-order valence-electron chi connectivity index (χ4n) is 3.53. The van der Waals surface area contributed by atoms with Crippen LogP contribution in [-0.4, -0.2) is 47.6 Å². The van der Waals surface area contributed by atoms with Crippen LogP contribution in [0.1, 0.15) is 18.1 Å². The maximum Gasteiger partial charge on any atom is 0.409 e. The summed E-state index contributed by atoms with van der Waals surface area (Å²) in [5, 5.41) is 11.5. The van der Waals surface area contributed by atoms with Crippen LogP contribution in [0.5, 0.6) is 5.75 Å². The van der Waals surface area contributed by atoms with Crippen LogP contribution in [0.25, 0.3) is 22.2 Å². The van der Waals surface area contributed by atoms with Crippen LogP contribution in [0, 0.1) is 15.9 Å². The normalized spacial score (nSPS) is 10.8. The van der Waals surface area contributed by atoms with Gasteiger partial charge in [-0.1, -0.05) is 24.3 Å². The number of aromatic amines is 1. The van der Waals surface area contributed by atoms with E-state index in [-0.39, 0.29) is 18.7 Å². The molecule has 1 heterocycles. The Balaban J connectivity index is 2.06. The van der Waals surface area contributed by atoms with Gasteiger partial charge < -0.3 is 19.4 Å². The number of nitrogens with one attached hydrogen (secondary N) is 1. The molecule has 3 aromatic rings. The van der Waals surface area contributed by atoms with E-state index in [1.807, 2.05) is 12.1 Å². The molecule has 0 bridgehead atoms. The van der Waals surface area contributed by atoms with Crippen LogP contribution in [0.2, 0.25) is 0 Å². The van der Waals surface area contributed by atoms with E-state index >= 15 is 0 Å². The van der Waals surface area contributed by atoms with E-state index in [9.17, 15) is 24.1 Å². The summed E-state index contributed by atoms with van der Waals surface area (Å²) >= 11 is 0. The van der Waals surface area contributed by atoms with Crippen LogP contribution in [0.15, 0.2) is 36.4 Å². The van der Waals surface area contributed by atoms with E-state index in [0.29, 0.717) is 34.3 Å². The van der Waals surface area contributed by atoms with Gasteiger partial charge in [-0.2, -0.15) is 0 Å². The summed E-state index contributed by atoms with van der Waals surface area (Å²) in [7, 11) is 2.91. The molecule has 0 unspecified atom stereocenters. The van der Waals surface area contributed by atoms with E-state index < -0.39 is 22.8 Å². The molecule has 0 saturated carbocycles. The minimum atomic E-state index is -0.626. The molecule has 9 nitrogen and oxygen atoms in total. The number of benzene rings is 2. The Labute approximate surface area is 182 Å². The smallest absolute Gasteiger partial charge is 0.409 e. The van der Waals surface area contributed by atoms with Gasteiger partial charge in [-0.3, -0.25) is 14.9 Å². The van der Waals surface area contributed by atoms with E-state index in [1.54, 1.807) is 19.2 Å². The maximum absolute atomic E-state index is 14.1. The zero-order chi connectivity index (χ0) is 23.4. The topological polar surface area (TPSA) is 115 Å². The van der Waals surface area contributed by atoms with E-state index in [4.69, 9.17) is 4.74 Å². The number of methoxy groups -OCH3 is 1. The number of hydrogen-bond acceptors (Lipinski definition) is 6. The second-order valence-corrected chi connectivity index (χ2v) is 7.23. The molecule has 0 spiro atoms. The van der Waals surface area contributed by atoms with Crippen molar-refractivity contribution in [3.8, 4) is 17.0 Å². The quantitative estimate of drug-likeness (QED) is 0.256. The first kappa shape index (κ1) is 22.7. The van der Waals surface area contributed by atoms with Gasteiger partial charge in [0.1, 0.15) is 11.6 Å². The van der Waals surface area contributed by atoms with Crippen molar-refractivity contribution in [2.75, 3.05) is 20.7 Å². The molecule has 0 aliphatic rings. The highest BCUT2D eigenvalue weighted by molar-refractivity contribution is 5.96. The first-order chi connectivity index (χ1) is 15.2. The lowest BCUT2D eigenvalue weighted by Gasteiger charge is -2.15. The van der Waals surface area contributed by atoms with Gasteiger partial charge in [0.05, 0.1) is 18.3 Å². The number of nitro groups is 1. The second-order valence-electron chi connectivity index (χ2n) is 7.23. The molecule has 168 valence electrons. The fourth-order valence-corrected chi connectivity index (χ4v) is 3.53. The number of ether oxygens (including phenoxy) is 2. The van der Waals surface area contributed by atoms with Gasteiger partial charge in [-0.25, -0.2) is 9.18 Å². The van der Waals surface area contributed by atoms with Gasteiger partial charge in [0.2, 0.25) is 6.54 Å². The number of rotatable bonds is 7. The summed E-state index contributed by atoms with van der Waals surface area (Å²) in [5.74, 6) is -1.23. The van der Waals surface area contributed by atoms with Crippen LogP contribution in [0.3, 0.4) is 0 Å². The van der Waals surface area contributed by atoms with Gasteiger partial charge in [0, 0.05) is 43.3 Å². The Morgan fingerprint density at radius 3 is 2.50 bits per heavy atom. The zero-order valence-corrected chi connectivity index (χ0v) is 17.8. The molecule has 1 aromatic heterocycles. The molecular formula is C22H22FN3O6. The molecule has 0 aliphatic carbocycles. The minimum absolute atomic E-state index is 0.00432. The Morgan fingerprint density at radius 1 is 1.22 bits per heavy atom. The monoisotopic (exact) mass is 443 g/mol. The maximum atomic E-state index is 14.1. The summed E-state index contributed by atoms with van der Waals surface area (Å²) in [5.41, 5.74) is 3.03. The van der Waals surface area contributed by atoms with Crippen LogP contribution in [-0.2, 0) is 22.5 Å². The SMILES string of the molecule is COC(=O)N(C)Cc1ccc(-c2[nH]c3cc(F)cc(OC(C)=O)c3c2CC[N+](=O)[O-])cc1. The molecular weight excluding hydrogens is 421 g/mol. The van der Waals surface area contributed by atoms with Gasteiger partial charge in [0.25, 0.3) is 0 Å². The molecule has 3 rings (SSSR count). The molecule has 1 N–H and O–H groups in total. The summed E-state index contributed by atoms with van der Waals surface area (Å²) in [6, 6.07) is 9.55. The second kappa shape index (κ2) is 9.46. The zero-order valence-electron chi connectivity index (χ0n) is 17.8. The Bertz CT molecular complexity index is 1170. The lowest BCUT2D eigenvalue weighted by molar-refractivity contribution is -0.479. The number of aromatic nitrogens is 1. The van der Waals surface area contributed by atoms with Crippen molar-refractivity contribution in [2.24, 2.45) is 0 Å². The average molecular weight is 443 g/mol. The van der Waals surface area contributed by atoms with Crippen molar-refractivity contribution >= 4 is 23.0 Å². The summed E-state index contributed by atoms with van der Waals surface area (Å²) < 4.78 is 24.0. The molecule has 0 radical (unpaired) electrons. The van der Waals surface area contributed by atoms with Crippen molar-refractivity contribution in [3.05, 3.63) is 63.5 Å². The third-order valence-corrected chi connectivity index (χ3v) is 4.88. The van der Waals surface area contributed by atoms with Crippen molar-refractivity contribution in [2.45, 2.75) is 19.9 Å². The van der Waals surface area contributed by atoms with E-state index in [1.165, 1.54) is 25.0 Å². The summed E-state index contributed by atoms with van der Waals surface area (Å²) in [6.45, 7) is 1.18. The number of halogens is 1. The van der Waals surface area contributed by atoms with Crippen LogP contribution >= 0.6 is 0 Å². The van der Waals surface area contributed by atoms with Gasteiger partial charge >= 0.3 is 12.1 Å². The largest absolute Gasteiger partial charge is 0.453 e. The highest BCUT2D eigenvalue weighted by atomic mass is 19.1. The number of H-pyrrole nitrogens is 1. The molecule has 1 amide bonds. The standard InChI is InChI=1S/C22H22FN3O6/c1-13(27)32-19-11-16(23)10-18-20(19)17(8-9-26(29)30)21(24-18)15-6-4-14(5-7-15)12-25(2)22(28)31-3/h4-7,10-11,24H,8-9,12H2,1-3H3. The Hall–Kier alpha value is -3.95. The number of nitrogens with zero attached hydrogens (tertiary/aromatic N) is 2. The van der Waals surface area contributed by atoms with E-state index in [0.717, 1.165) is 11.6 Å². The average Bonchev–Trinajstić information content (AvgIpc) is 3.10. The highest BCUT2D eigenvalue weighted by Gasteiger charge is 2.21. The van der Waals surface area contributed by atoms with Gasteiger partial charge in [-0.05, 0) is 22.8 Å². The third-order valence-electron chi connectivity index (χ3n) is 4.88. The molecule has 0 aliphatic heterocycles. The van der Waals surface area contributed by atoms with Crippen molar-refractivity contribution in [1.29, 1.82) is 0 Å². The number of esters is 1. The lowest BCUT2D eigenvalue weighted by Crippen LogP contribution is -2.25. The molecule has 0 saturated heterocycles. The number of fused-ring (bicyclic) bond motifs is 1. The van der Waals surface area contributed by atoms with Crippen LogP contribution in [0.4, 0.5) is 9.18 Å². The minimum Gasteiger partial charge on any atom is -0.453 e. The lowest BCUT2D eigenvalue weighted by atomic mass is 10.0. The predicted octanol–water partition coefficient (Wildman–Crippen LogP) is 3.92. The predicted molar refractivity (Wildman–Crippen MR) is 114 cm³/mol. The van der Waals surface area contributed by atoms with Crippen molar-refractivity contribution < 1.29 is 28.4 Å². The first-order valence-electron chi connectivity index (χ1n) is 9.72. The molecule has 0 atom stereocenters. The van der Waals surface area contributed by atoms with Crippen molar-refractivity contribution in [1.82, 2.24) is 9.88 Å². The first-order valence-corrected chi connectivity index (χ1v) is 9.72. The fraction of sp³-hybridized carbons (Fsp3) is 0.273. The van der Waals surface area contributed by atoms with Gasteiger partial charge in [0.15, 0.2) is 0 Å². The Kier molecular flexibility index (Phi) is 6.72. The Morgan fingerprint density at radius 2 is 1.91 bits per heavy atom. The van der Waals surface area contributed by atoms with Gasteiger partial charge in [-0.15, -0.1) is 0 Å². The third kappa shape index (κ3) is 5.02. The van der Waals surface area contributed by atoms with Crippen molar-refractivity contribution in [3.63, 3.8) is 0 Å². The number of carbonyl (C=O) groups excluding carboxylic acids is 2. The molecule has 32 heavy (non-hydrogen) atoms. The number of carbonyl (C=O) groups is 2. The molecule has 0 fully saturated rings.